The Kier molecular flexibility index (Phi) is 3.55. The van der Waals surface area contributed by atoms with Crippen LogP contribution in [0.5, 0.6) is 0 Å². The van der Waals surface area contributed by atoms with Crippen LogP contribution in [0.1, 0.15) is 12.8 Å². The number of nitrogens with zero attached hydrogens (tertiary/aromatic N) is 1. The van der Waals surface area contributed by atoms with Gasteiger partial charge in [0.15, 0.2) is 4.90 Å². The molecule has 5 nitrogen and oxygen atoms in total. The fourth-order valence-electron chi connectivity index (χ4n) is 2.16. The van der Waals surface area contributed by atoms with Crippen molar-refractivity contribution >= 4 is 15.9 Å². The molecule has 1 aromatic carbocycles. The molecule has 19 heavy (non-hydrogen) atoms. The minimum absolute atomic E-state index is 0.0176. The molecule has 8 heteroatoms. The summed E-state index contributed by atoms with van der Waals surface area (Å²) in [5.74, 6) is -3.19. The highest BCUT2D eigenvalue weighted by Crippen LogP contribution is 2.28. The Bertz CT molecular complexity index is 598. The van der Waals surface area contributed by atoms with Crippen molar-refractivity contribution in [2.45, 2.75) is 23.8 Å². The number of hydrogen-bond acceptors (Lipinski definition) is 3. The highest BCUT2D eigenvalue weighted by atomic mass is 32.2. The van der Waals surface area contributed by atoms with Gasteiger partial charge in [0.1, 0.15) is 17.7 Å². The number of nitrogens with two attached hydrogens (primary N) is 1. The third-order valence-electron chi connectivity index (χ3n) is 3.02. The number of primary amides is 1. The Hall–Kier alpha value is -1.54. The van der Waals surface area contributed by atoms with E-state index in [4.69, 9.17) is 5.73 Å². The van der Waals surface area contributed by atoms with Crippen LogP contribution < -0.4 is 5.73 Å². The van der Waals surface area contributed by atoms with Crippen LogP contribution in [0, 0.1) is 11.6 Å². The molecule has 0 aliphatic carbocycles. The molecule has 0 radical (unpaired) electrons. The van der Waals surface area contributed by atoms with E-state index >= 15 is 0 Å². The summed E-state index contributed by atoms with van der Waals surface area (Å²) in [6.45, 7) is 0.0176. The van der Waals surface area contributed by atoms with Crippen LogP contribution in [0.2, 0.25) is 0 Å². The van der Waals surface area contributed by atoms with Crippen LogP contribution in [0.25, 0.3) is 0 Å². The van der Waals surface area contributed by atoms with Gasteiger partial charge in [-0.15, -0.1) is 0 Å². The van der Waals surface area contributed by atoms with E-state index in [2.05, 4.69) is 0 Å². The fraction of sp³-hybridized carbons (Fsp3) is 0.364. The Morgan fingerprint density at radius 3 is 2.42 bits per heavy atom. The van der Waals surface area contributed by atoms with Gasteiger partial charge in [-0.05, 0) is 25.0 Å². The van der Waals surface area contributed by atoms with Gasteiger partial charge in [-0.25, -0.2) is 17.2 Å². The second-order valence-electron chi connectivity index (χ2n) is 4.23. The maximum absolute atomic E-state index is 13.6. The number of benzene rings is 1. The number of carbonyl (C=O) groups excluding carboxylic acids is 1. The summed E-state index contributed by atoms with van der Waals surface area (Å²) >= 11 is 0. The number of amides is 1. The first-order chi connectivity index (χ1) is 8.85. The first-order valence-corrected chi connectivity index (χ1v) is 7.05. The zero-order valence-electron chi connectivity index (χ0n) is 9.84. The Morgan fingerprint density at radius 1 is 1.32 bits per heavy atom. The van der Waals surface area contributed by atoms with Crippen molar-refractivity contribution in [3.05, 3.63) is 29.8 Å². The average molecular weight is 290 g/mol. The monoisotopic (exact) mass is 290 g/mol. The van der Waals surface area contributed by atoms with Gasteiger partial charge in [0.25, 0.3) is 0 Å². The number of hydrogen-bond donors (Lipinski definition) is 1. The maximum Gasteiger partial charge on any atom is 0.249 e. The van der Waals surface area contributed by atoms with Crippen molar-refractivity contribution in [2.75, 3.05) is 6.54 Å². The predicted octanol–water partition coefficient (Wildman–Crippen LogP) is 0.603. The Balaban J connectivity index is 2.51. The van der Waals surface area contributed by atoms with Crippen molar-refractivity contribution in [3.8, 4) is 0 Å². The lowest BCUT2D eigenvalue weighted by Crippen LogP contribution is -2.44. The van der Waals surface area contributed by atoms with Crippen molar-refractivity contribution in [2.24, 2.45) is 5.73 Å². The molecule has 1 amide bonds. The van der Waals surface area contributed by atoms with Gasteiger partial charge in [-0.1, -0.05) is 6.07 Å². The van der Waals surface area contributed by atoms with Gasteiger partial charge in [-0.2, -0.15) is 4.31 Å². The van der Waals surface area contributed by atoms with Gasteiger partial charge in [-0.3, -0.25) is 4.79 Å². The first-order valence-electron chi connectivity index (χ1n) is 5.61. The van der Waals surface area contributed by atoms with Crippen molar-refractivity contribution in [1.29, 1.82) is 0 Å². The van der Waals surface area contributed by atoms with E-state index in [1.807, 2.05) is 0 Å². The van der Waals surface area contributed by atoms with E-state index in [0.29, 0.717) is 6.42 Å². The topological polar surface area (TPSA) is 80.5 Å². The molecule has 1 aromatic rings. The molecule has 1 aliphatic heterocycles. The number of sulfonamides is 1. The summed E-state index contributed by atoms with van der Waals surface area (Å²) in [7, 11) is -4.41. The lowest BCUT2D eigenvalue weighted by molar-refractivity contribution is -0.121. The minimum Gasteiger partial charge on any atom is -0.368 e. The van der Waals surface area contributed by atoms with Crippen LogP contribution in [-0.4, -0.2) is 31.2 Å². The lowest BCUT2D eigenvalue weighted by Gasteiger charge is -2.22. The van der Waals surface area contributed by atoms with E-state index in [-0.39, 0.29) is 13.0 Å². The predicted molar refractivity (Wildman–Crippen MR) is 62.5 cm³/mol. The van der Waals surface area contributed by atoms with Gasteiger partial charge < -0.3 is 5.73 Å². The SMILES string of the molecule is NC(=O)C1CCCN1S(=O)(=O)c1c(F)cccc1F. The summed E-state index contributed by atoms with van der Waals surface area (Å²) in [6.07, 6.45) is 0.674. The van der Waals surface area contributed by atoms with E-state index in [0.717, 1.165) is 22.5 Å². The largest absolute Gasteiger partial charge is 0.368 e. The maximum atomic E-state index is 13.6. The Labute approximate surface area is 109 Å². The fourth-order valence-corrected chi connectivity index (χ4v) is 3.94. The van der Waals surface area contributed by atoms with Crippen molar-refractivity contribution in [3.63, 3.8) is 0 Å². The number of halogens is 2. The van der Waals surface area contributed by atoms with Crippen LogP contribution >= 0.6 is 0 Å². The molecular weight excluding hydrogens is 278 g/mol. The molecule has 2 rings (SSSR count). The van der Waals surface area contributed by atoms with Crippen molar-refractivity contribution < 1.29 is 22.0 Å². The molecule has 1 atom stereocenters. The number of rotatable bonds is 3. The first kappa shape index (κ1) is 13.9. The summed E-state index contributed by atoms with van der Waals surface area (Å²) in [6, 6.07) is 1.72. The molecule has 1 fully saturated rings. The van der Waals surface area contributed by atoms with Crippen LogP contribution in [0.4, 0.5) is 8.78 Å². The molecule has 1 aliphatic rings. The van der Waals surface area contributed by atoms with Gasteiger partial charge >= 0.3 is 0 Å². The second kappa shape index (κ2) is 4.86. The average Bonchev–Trinajstić information content (AvgIpc) is 2.77. The molecule has 104 valence electrons. The zero-order chi connectivity index (χ0) is 14.2. The molecular formula is C11H12F2N2O3S. The smallest absolute Gasteiger partial charge is 0.249 e. The second-order valence-corrected chi connectivity index (χ2v) is 6.05. The summed E-state index contributed by atoms with van der Waals surface area (Å²) in [4.78, 5) is 10.1. The third kappa shape index (κ3) is 2.33. The minimum atomic E-state index is -4.41. The van der Waals surface area contributed by atoms with E-state index in [1.54, 1.807) is 0 Å². The normalized spacial score (nSPS) is 20.6. The molecule has 0 saturated carbocycles. The van der Waals surface area contributed by atoms with Gasteiger partial charge in [0.05, 0.1) is 0 Å². The summed E-state index contributed by atoms with van der Waals surface area (Å²) < 4.78 is 52.4. The molecule has 2 N–H and O–H groups in total. The van der Waals surface area contributed by atoms with Crippen LogP contribution in [0.3, 0.4) is 0 Å². The molecule has 0 aromatic heterocycles. The van der Waals surface area contributed by atoms with E-state index in [9.17, 15) is 22.0 Å². The molecule has 0 bridgehead atoms. The van der Waals surface area contributed by atoms with Crippen molar-refractivity contribution in [1.82, 2.24) is 4.31 Å². The molecule has 1 saturated heterocycles. The standard InChI is InChI=1S/C11H12F2N2O3S/c12-7-3-1-4-8(13)10(7)19(17,18)15-6-2-5-9(15)11(14)16/h1,3-4,9H,2,5-6H2,(H2,14,16). The zero-order valence-corrected chi connectivity index (χ0v) is 10.7. The lowest BCUT2D eigenvalue weighted by atomic mass is 10.2. The highest BCUT2D eigenvalue weighted by Gasteiger charge is 2.40. The molecule has 1 heterocycles. The molecule has 0 spiro atoms. The quantitative estimate of drug-likeness (QED) is 0.885. The summed E-state index contributed by atoms with van der Waals surface area (Å²) in [5, 5.41) is 0. The van der Waals surface area contributed by atoms with Gasteiger partial charge in [0, 0.05) is 6.54 Å². The molecule has 1 unspecified atom stereocenters. The van der Waals surface area contributed by atoms with E-state index < -0.39 is 38.5 Å². The highest BCUT2D eigenvalue weighted by molar-refractivity contribution is 7.89. The number of carbonyl (C=O) groups is 1. The van der Waals surface area contributed by atoms with Crippen LogP contribution in [-0.2, 0) is 14.8 Å². The third-order valence-corrected chi connectivity index (χ3v) is 4.98. The Morgan fingerprint density at radius 2 is 1.89 bits per heavy atom. The van der Waals surface area contributed by atoms with Gasteiger partial charge in [0.2, 0.25) is 15.9 Å². The summed E-state index contributed by atoms with van der Waals surface area (Å²) in [5.41, 5.74) is 5.11. The van der Waals surface area contributed by atoms with Crippen LogP contribution in [0.15, 0.2) is 23.1 Å². The van der Waals surface area contributed by atoms with E-state index in [1.165, 1.54) is 0 Å².